The van der Waals surface area contributed by atoms with Crippen molar-refractivity contribution >= 4 is 11.9 Å². The third-order valence-corrected chi connectivity index (χ3v) is 17.7. The van der Waals surface area contributed by atoms with E-state index in [1.807, 2.05) is 6.08 Å². The van der Waals surface area contributed by atoms with Crippen molar-refractivity contribution in [3.63, 3.8) is 0 Å². The maximum Gasteiger partial charge on any atom is 0.305 e. The van der Waals surface area contributed by atoms with Gasteiger partial charge in [0, 0.05) is 12.8 Å². The average molecular weight is 1180 g/mol. The van der Waals surface area contributed by atoms with Crippen molar-refractivity contribution in [1.29, 1.82) is 0 Å². The molecule has 7 unspecified atom stereocenters. The first-order valence-electron chi connectivity index (χ1n) is 36.5. The molecule has 6 N–H and O–H groups in total. The van der Waals surface area contributed by atoms with Crippen molar-refractivity contribution < 1.29 is 49.3 Å². The Morgan fingerprint density at radius 3 is 1.12 bits per heavy atom. The number of amides is 1. The average Bonchev–Trinajstić information content (AvgIpc) is 3.57. The summed E-state index contributed by atoms with van der Waals surface area (Å²) in [4.78, 5) is 25.1. The molecule has 1 aliphatic rings. The van der Waals surface area contributed by atoms with Crippen molar-refractivity contribution in [1.82, 2.24) is 5.32 Å². The summed E-state index contributed by atoms with van der Waals surface area (Å²) in [5.74, 6) is -0.161. The fraction of sp³-hybridized carbons (Fsp3) is 0.944. The van der Waals surface area contributed by atoms with Crippen LogP contribution in [0.4, 0.5) is 0 Å². The fourth-order valence-electron chi connectivity index (χ4n) is 11.9. The van der Waals surface area contributed by atoms with Crippen LogP contribution in [0.5, 0.6) is 0 Å². The van der Waals surface area contributed by atoms with Crippen LogP contribution in [0.2, 0.25) is 0 Å². The van der Waals surface area contributed by atoms with E-state index >= 15 is 0 Å². The largest absolute Gasteiger partial charge is 0.466 e. The highest BCUT2D eigenvalue weighted by Crippen LogP contribution is 2.24. The minimum atomic E-state index is -1.57. The molecule has 0 bridgehead atoms. The van der Waals surface area contributed by atoms with Gasteiger partial charge in [-0.2, -0.15) is 0 Å². The molecule has 0 saturated carbocycles. The third kappa shape index (κ3) is 51.0. The molecule has 1 heterocycles. The van der Waals surface area contributed by atoms with Gasteiger partial charge in [0.05, 0.1) is 32.0 Å². The van der Waals surface area contributed by atoms with Gasteiger partial charge in [-0.25, -0.2) is 0 Å². The summed E-state index contributed by atoms with van der Waals surface area (Å²) >= 11 is 0. The SMILES string of the molecule is CCCCCCCCC/C=C/C(O)C(COC1OC(CO)C(O)C(O)C1O)NC(=O)CCCCCCCCCCCCCCCCCCCCCCCCCCCCCCCCCOC(=O)CCCCCCCCCCCCCCCCC. The van der Waals surface area contributed by atoms with Crippen molar-refractivity contribution in [2.75, 3.05) is 19.8 Å². The monoisotopic (exact) mass is 1180 g/mol. The van der Waals surface area contributed by atoms with Gasteiger partial charge in [-0.1, -0.05) is 341 Å². The Labute approximate surface area is 512 Å². The van der Waals surface area contributed by atoms with E-state index in [1.165, 1.54) is 295 Å². The first kappa shape index (κ1) is 79.4. The van der Waals surface area contributed by atoms with Crippen LogP contribution in [-0.2, 0) is 23.8 Å². The molecule has 11 heteroatoms. The van der Waals surface area contributed by atoms with Gasteiger partial charge in [-0.3, -0.25) is 9.59 Å². The number of esters is 1. The Bertz CT molecular complexity index is 1380. The molecule has 1 amide bonds. The summed E-state index contributed by atoms with van der Waals surface area (Å²) < 4.78 is 16.7. The van der Waals surface area contributed by atoms with E-state index in [-0.39, 0.29) is 18.5 Å². The number of aliphatic hydroxyl groups excluding tert-OH is 5. The number of aliphatic hydroxyl groups is 5. The molecular formula is C72H139NO10. The molecule has 0 aliphatic carbocycles. The zero-order valence-corrected chi connectivity index (χ0v) is 54.7. The van der Waals surface area contributed by atoms with Crippen molar-refractivity contribution in [3.8, 4) is 0 Å². The van der Waals surface area contributed by atoms with Gasteiger partial charge in [0.25, 0.3) is 0 Å². The highest BCUT2D eigenvalue weighted by molar-refractivity contribution is 5.76. The minimum Gasteiger partial charge on any atom is -0.466 e. The normalized spacial score (nSPS) is 18.1. The first-order chi connectivity index (χ1) is 40.7. The molecule has 0 aromatic carbocycles. The van der Waals surface area contributed by atoms with Crippen LogP contribution < -0.4 is 5.32 Å². The molecule has 7 atom stereocenters. The molecule has 0 radical (unpaired) electrons. The minimum absolute atomic E-state index is 0.0165. The first-order valence-corrected chi connectivity index (χ1v) is 36.5. The van der Waals surface area contributed by atoms with Gasteiger partial charge in [0.1, 0.15) is 24.4 Å². The molecule has 1 fully saturated rings. The number of allylic oxidation sites excluding steroid dienone is 1. The Kier molecular flexibility index (Phi) is 59.3. The second-order valence-corrected chi connectivity index (χ2v) is 25.7. The van der Waals surface area contributed by atoms with Crippen molar-refractivity contribution in [2.24, 2.45) is 0 Å². The maximum absolute atomic E-state index is 13.0. The second-order valence-electron chi connectivity index (χ2n) is 25.7. The zero-order chi connectivity index (χ0) is 60.2. The van der Waals surface area contributed by atoms with Crippen molar-refractivity contribution in [2.45, 2.75) is 416 Å². The van der Waals surface area contributed by atoms with E-state index in [1.54, 1.807) is 6.08 Å². The molecule has 11 nitrogen and oxygen atoms in total. The van der Waals surface area contributed by atoms with Crippen LogP contribution in [0.1, 0.15) is 373 Å². The quantitative estimate of drug-likeness (QED) is 0.0195. The molecule has 1 aliphatic heterocycles. The standard InChI is InChI=1S/C72H139NO10/c1-3-5-7-9-11-13-14-15-33-37-40-44-48-52-56-60-68(77)81-61-57-53-49-45-41-38-35-32-30-28-26-24-22-20-18-16-17-19-21-23-25-27-29-31-34-36-39-43-47-51-55-59-67(76)73-64(65(75)58-54-50-46-42-12-10-8-6-4-2)63-82-72-71(80)70(79)69(78)66(62-74)83-72/h54,58,64-66,69-72,74-75,78-80H,3-53,55-57,59-63H2,1-2H3,(H,73,76)/b58-54+. The highest BCUT2D eigenvalue weighted by Gasteiger charge is 2.44. The molecule has 0 aromatic heterocycles. The zero-order valence-electron chi connectivity index (χ0n) is 54.7. The van der Waals surface area contributed by atoms with Crippen LogP contribution in [0.15, 0.2) is 12.2 Å². The van der Waals surface area contributed by atoms with Crippen LogP contribution in [0, 0.1) is 0 Å². The lowest BCUT2D eigenvalue weighted by Gasteiger charge is -2.40. The van der Waals surface area contributed by atoms with Crippen LogP contribution in [0.25, 0.3) is 0 Å². The molecule has 0 spiro atoms. The lowest BCUT2D eigenvalue weighted by molar-refractivity contribution is -0.302. The summed E-state index contributed by atoms with van der Waals surface area (Å²) in [7, 11) is 0. The van der Waals surface area contributed by atoms with Crippen LogP contribution in [-0.4, -0.2) is 100 Å². The summed E-state index contributed by atoms with van der Waals surface area (Å²) in [5.41, 5.74) is 0. The molecule has 0 aromatic rings. The number of nitrogens with one attached hydrogen (secondary N) is 1. The fourth-order valence-corrected chi connectivity index (χ4v) is 11.9. The van der Waals surface area contributed by atoms with Crippen LogP contribution in [0.3, 0.4) is 0 Å². The van der Waals surface area contributed by atoms with Gasteiger partial charge in [-0.05, 0) is 32.1 Å². The van der Waals surface area contributed by atoms with E-state index in [0.717, 1.165) is 51.4 Å². The summed E-state index contributed by atoms with van der Waals surface area (Å²) in [6.07, 6.45) is 66.6. The number of ether oxygens (including phenoxy) is 3. The maximum atomic E-state index is 13.0. The summed E-state index contributed by atoms with van der Waals surface area (Å²) in [6, 6.07) is -0.804. The molecule has 1 rings (SSSR count). The summed E-state index contributed by atoms with van der Waals surface area (Å²) in [5, 5.41) is 54.3. The Hall–Kier alpha value is -1.60. The molecule has 83 heavy (non-hydrogen) atoms. The Balaban J connectivity index is 1.88. The van der Waals surface area contributed by atoms with E-state index in [0.29, 0.717) is 19.4 Å². The Morgan fingerprint density at radius 1 is 0.434 bits per heavy atom. The lowest BCUT2D eigenvalue weighted by Crippen LogP contribution is -2.60. The van der Waals surface area contributed by atoms with E-state index in [4.69, 9.17) is 14.2 Å². The predicted molar refractivity (Wildman–Crippen MR) is 348 cm³/mol. The summed E-state index contributed by atoms with van der Waals surface area (Å²) in [6.45, 7) is 4.37. The number of hydrogen-bond donors (Lipinski definition) is 6. The Morgan fingerprint density at radius 2 is 0.759 bits per heavy atom. The van der Waals surface area contributed by atoms with Crippen LogP contribution >= 0.6 is 0 Å². The van der Waals surface area contributed by atoms with Gasteiger partial charge in [0.15, 0.2) is 6.29 Å². The van der Waals surface area contributed by atoms with E-state index in [2.05, 4.69) is 19.2 Å². The second kappa shape index (κ2) is 62.0. The van der Waals surface area contributed by atoms with Gasteiger partial charge in [-0.15, -0.1) is 0 Å². The van der Waals surface area contributed by atoms with Crippen molar-refractivity contribution in [3.05, 3.63) is 12.2 Å². The smallest absolute Gasteiger partial charge is 0.305 e. The number of carbonyl (C=O) groups excluding carboxylic acids is 2. The predicted octanol–water partition coefficient (Wildman–Crippen LogP) is 18.6. The topological polar surface area (TPSA) is 175 Å². The molecule has 492 valence electrons. The van der Waals surface area contributed by atoms with Gasteiger partial charge in [0.2, 0.25) is 5.91 Å². The number of unbranched alkanes of at least 4 members (excludes halogenated alkanes) is 51. The van der Waals surface area contributed by atoms with E-state index in [9.17, 15) is 35.1 Å². The molecular weight excluding hydrogens is 1040 g/mol. The lowest BCUT2D eigenvalue weighted by atomic mass is 9.99. The third-order valence-electron chi connectivity index (χ3n) is 17.7. The molecule has 1 saturated heterocycles. The highest BCUT2D eigenvalue weighted by atomic mass is 16.7. The number of carbonyl (C=O) groups is 2. The van der Waals surface area contributed by atoms with Gasteiger partial charge < -0.3 is 45.1 Å². The van der Waals surface area contributed by atoms with Gasteiger partial charge >= 0.3 is 5.97 Å². The number of hydrogen-bond acceptors (Lipinski definition) is 10. The van der Waals surface area contributed by atoms with E-state index < -0.39 is 49.5 Å². The number of rotatable bonds is 65.